The van der Waals surface area contributed by atoms with Gasteiger partial charge in [-0.1, -0.05) is 32.0 Å². The van der Waals surface area contributed by atoms with Crippen LogP contribution >= 0.6 is 24.0 Å². The topological polar surface area (TPSA) is 47.9 Å². The van der Waals surface area contributed by atoms with E-state index in [1.165, 1.54) is 12.1 Å². The van der Waals surface area contributed by atoms with Crippen LogP contribution in [0.25, 0.3) is 0 Å². The number of hydrogen-bond donors (Lipinski definition) is 1. The number of piperazine rings is 1. The van der Waals surface area contributed by atoms with E-state index in [9.17, 15) is 18.0 Å². The van der Waals surface area contributed by atoms with E-state index in [0.717, 1.165) is 12.0 Å². The monoisotopic (exact) mass is 526 g/mol. The quantitative estimate of drug-likeness (QED) is 0.370. The molecule has 5 nitrogen and oxygen atoms in total. The van der Waals surface area contributed by atoms with Crippen LogP contribution in [0.3, 0.4) is 0 Å². The number of rotatable bonds is 4. The Hall–Kier alpha value is -1.52. The number of carbonyl (C=O) groups excluding carboxylic acids is 1. The van der Waals surface area contributed by atoms with Gasteiger partial charge in [0.1, 0.15) is 0 Å². The van der Waals surface area contributed by atoms with Crippen LogP contribution in [0.5, 0.6) is 0 Å². The molecule has 0 aromatic heterocycles. The molecule has 1 N–H and O–H groups in total. The number of aliphatic imine (C=N–C) groups is 1. The minimum atomic E-state index is -4.36. The molecule has 0 bridgehead atoms. The van der Waals surface area contributed by atoms with Gasteiger partial charge in [-0.2, -0.15) is 13.2 Å². The van der Waals surface area contributed by atoms with Gasteiger partial charge in [0.25, 0.3) is 0 Å². The highest BCUT2D eigenvalue weighted by atomic mass is 127. The number of hydrogen-bond acceptors (Lipinski definition) is 2. The molecule has 1 amide bonds. The van der Waals surface area contributed by atoms with Crippen molar-refractivity contribution in [3.8, 4) is 0 Å². The minimum Gasteiger partial charge on any atom is -0.357 e. The van der Waals surface area contributed by atoms with Crippen molar-refractivity contribution in [2.24, 2.45) is 4.99 Å². The van der Waals surface area contributed by atoms with E-state index in [2.05, 4.69) is 10.2 Å². The van der Waals surface area contributed by atoms with Crippen molar-refractivity contribution in [1.82, 2.24) is 15.1 Å². The van der Waals surface area contributed by atoms with E-state index < -0.39 is 17.2 Å². The standard InChI is InChI=1S/C20H29F3N4O.HI/c1-5-24-18(27-11-9-26(10-12-27)15(2)28)25-14-19(3,4)16-7-6-8-17(13-16)20(21,22)23;/h6-8,13H,5,9-12,14H2,1-4H3,(H,24,25);1H. The summed E-state index contributed by atoms with van der Waals surface area (Å²) in [4.78, 5) is 20.1. The third-order valence-electron chi connectivity index (χ3n) is 4.95. The third-order valence-corrected chi connectivity index (χ3v) is 4.95. The molecule has 164 valence electrons. The van der Waals surface area contributed by atoms with Crippen LogP contribution in [0.15, 0.2) is 29.3 Å². The lowest BCUT2D eigenvalue weighted by atomic mass is 9.84. The van der Waals surface area contributed by atoms with Gasteiger partial charge in [0.15, 0.2) is 5.96 Å². The summed E-state index contributed by atoms with van der Waals surface area (Å²) in [7, 11) is 0. The lowest BCUT2D eigenvalue weighted by molar-refractivity contribution is -0.137. The summed E-state index contributed by atoms with van der Waals surface area (Å²) in [6.45, 7) is 11.0. The predicted molar refractivity (Wildman–Crippen MR) is 120 cm³/mol. The van der Waals surface area contributed by atoms with Gasteiger partial charge in [0, 0.05) is 45.1 Å². The molecule has 9 heteroatoms. The summed E-state index contributed by atoms with van der Waals surface area (Å²) in [6, 6.07) is 5.44. The number of benzene rings is 1. The molecule has 1 fully saturated rings. The number of halogens is 4. The first-order valence-electron chi connectivity index (χ1n) is 9.51. The first-order chi connectivity index (χ1) is 13.0. The van der Waals surface area contributed by atoms with Crippen molar-refractivity contribution in [1.29, 1.82) is 0 Å². The molecule has 0 saturated carbocycles. The molecule has 0 aliphatic carbocycles. The number of amides is 1. The first-order valence-corrected chi connectivity index (χ1v) is 9.51. The van der Waals surface area contributed by atoms with E-state index in [1.807, 2.05) is 20.8 Å². The Morgan fingerprint density at radius 3 is 2.17 bits per heavy atom. The zero-order chi connectivity index (χ0) is 20.9. The highest BCUT2D eigenvalue weighted by molar-refractivity contribution is 14.0. The molecule has 0 spiro atoms. The number of alkyl halides is 3. The molecule has 0 unspecified atom stereocenters. The van der Waals surface area contributed by atoms with E-state index in [-0.39, 0.29) is 29.9 Å². The van der Waals surface area contributed by atoms with E-state index in [1.54, 1.807) is 17.9 Å². The Morgan fingerprint density at radius 1 is 1.10 bits per heavy atom. The summed E-state index contributed by atoms with van der Waals surface area (Å²) in [5, 5.41) is 3.25. The Kier molecular flexibility index (Phi) is 9.23. The van der Waals surface area contributed by atoms with Gasteiger partial charge in [-0.25, -0.2) is 0 Å². The van der Waals surface area contributed by atoms with Gasteiger partial charge in [0.05, 0.1) is 12.1 Å². The number of guanidine groups is 1. The highest BCUT2D eigenvalue weighted by Crippen LogP contribution is 2.33. The van der Waals surface area contributed by atoms with Gasteiger partial charge in [0.2, 0.25) is 5.91 Å². The summed E-state index contributed by atoms with van der Waals surface area (Å²) in [5.41, 5.74) is -0.596. The lowest BCUT2D eigenvalue weighted by Gasteiger charge is -2.36. The Labute approximate surface area is 187 Å². The number of carbonyl (C=O) groups is 1. The maximum Gasteiger partial charge on any atom is 0.416 e. The Morgan fingerprint density at radius 2 is 1.66 bits per heavy atom. The van der Waals surface area contributed by atoms with Crippen LogP contribution in [-0.4, -0.2) is 60.9 Å². The van der Waals surface area contributed by atoms with Crippen molar-refractivity contribution < 1.29 is 18.0 Å². The summed E-state index contributed by atoms with van der Waals surface area (Å²) in [6.07, 6.45) is -4.36. The fraction of sp³-hybridized carbons (Fsp3) is 0.600. The van der Waals surface area contributed by atoms with Crippen molar-refractivity contribution in [3.63, 3.8) is 0 Å². The molecule has 1 aliphatic heterocycles. The van der Waals surface area contributed by atoms with Crippen LogP contribution < -0.4 is 5.32 Å². The second kappa shape index (κ2) is 10.5. The fourth-order valence-corrected chi connectivity index (χ4v) is 3.14. The smallest absolute Gasteiger partial charge is 0.357 e. The molecular formula is C20H30F3IN4O. The molecule has 1 aromatic rings. The second-order valence-corrected chi connectivity index (χ2v) is 7.63. The largest absolute Gasteiger partial charge is 0.416 e. The zero-order valence-electron chi connectivity index (χ0n) is 17.3. The summed E-state index contributed by atoms with van der Waals surface area (Å²) < 4.78 is 39.1. The average molecular weight is 526 g/mol. The third kappa shape index (κ3) is 7.04. The van der Waals surface area contributed by atoms with Crippen LogP contribution in [0, 0.1) is 0 Å². The van der Waals surface area contributed by atoms with Gasteiger partial charge < -0.3 is 15.1 Å². The Balaban J connectivity index is 0.00000420. The highest BCUT2D eigenvalue weighted by Gasteiger charge is 2.32. The van der Waals surface area contributed by atoms with E-state index in [4.69, 9.17) is 4.99 Å². The maximum absolute atomic E-state index is 13.0. The fourth-order valence-electron chi connectivity index (χ4n) is 3.14. The lowest BCUT2D eigenvalue weighted by Crippen LogP contribution is -2.53. The number of nitrogens with zero attached hydrogens (tertiary/aromatic N) is 3. The zero-order valence-corrected chi connectivity index (χ0v) is 19.7. The van der Waals surface area contributed by atoms with Crippen molar-refractivity contribution in [3.05, 3.63) is 35.4 Å². The van der Waals surface area contributed by atoms with Crippen molar-refractivity contribution in [2.75, 3.05) is 39.3 Å². The van der Waals surface area contributed by atoms with Gasteiger partial charge >= 0.3 is 6.18 Å². The van der Waals surface area contributed by atoms with Gasteiger partial charge in [-0.05, 0) is 18.6 Å². The van der Waals surface area contributed by atoms with Gasteiger partial charge in [-0.3, -0.25) is 9.79 Å². The minimum absolute atomic E-state index is 0. The summed E-state index contributed by atoms with van der Waals surface area (Å²) >= 11 is 0. The molecule has 1 saturated heterocycles. The molecule has 29 heavy (non-hydrogen) atoms. The van der Waals surface area contributed by atoms with Gasteiger partial charge in [-0.15, -0.1) is 24.0 Å². The second-order valence-electron chi connectivity index (χ2n) is 7.63. The predicted octanol–water partition coefficient (Wildman–Crippen LogP) is 3.73. The molecule has 1 heterocycles. The molecule has 1 aromatic carbocycles. The molecular weight excluding hydrogens is 496 g/mol. The molecule has 0 radical (unpaired) electrons. The normalized spacial score (nSPS) is 15.8. The molecule has 2 rings (SSSR count). The Bertz CT molecular complexity index is 714. The summed E-state index contributed by atoms with van der Waals surface area (Å²) in [5.74, 6) is 0.790. The molecule has 1 aliphatic rings. The molecule has 0 atom stereocenters. The van der Waals surface area contributed by atoms with E-state index in [0.29, 0.717) is 44.8 Å². The average Bonchev–Trinajstić information content (AvgIpc) is 2.64. The van der Waals surface area contributed by atoms with Crippen LogP contribution in [0.2, 0.25) is 0 Å². The number of nitrogens with one attached hydrogen (secondary N) is 1. The first kappa shape index (κ1) is 25.5. The van der Waals surface area contributed by atoms with E-state index >= 15 is 0 Å². The van der Waals surface area contributed by atoms with Crippen molar-refractivity contribution >= 4 is 35.8 Å². The SMILES string of the molecule is CCNC(=NCC(C)(C)c1cccc(C(F)(F)F)c1)N1CCN(C(C)=O)CC1.I. The van der Waals surface area contributed by atoms with Crippen LogP contribution in [0.1, 0.15) is 38.8 Å². The maximum atomic E-state index is 13.0. The van der Waals surface area contributed by atoms with Crippen LogP contribution in [0.4, 0.5) is 13.2 Å². The van der Waals surface area contributed by atoms with Crippen LogP contribution in [-0.2, 0) is 16.4 Å². The van der Waals surface area contributed by atoms with Crippen molar-refractivity contribution in [2.45, 2.75) is 39.3 Å².